The van der Waals surface area contributed by atoms with E-state index in [1.54, 1.807) is 12.1 Å². The van der Waals surface area contributed by atoms with Crippen molar-refractivity contribution in [1.82, 2.24) is 5.32 Å². The van der Waals surface area contributed by atoms with E-state index >= 15 is 0 Å². The zero-order valence-electron chi connectivity index (χ0n) is 14.7. The van der Waals surface area contributed by atoms with E-state index in [4.69, 9.17) is 11.6 Å². The lowest BCUT2D eigenvalue weighted by Crippen LogP contribution is -2.05. The third kappa shape index (κ3) is 4.91. The van der Waals surface area contributed by atoms with Crippen molar-refractivity contribution in [2.24, 2.45) is 0 Å². The third-order valence-corrected chi connectivity index (χ3v) is 4.11. The Morgan fingerprint density at radius 3 is 1.77 bits per heavy atom. The highest BCUT2D eigenvalue weighted by molar-refractivity contribution is 6.31. The second-order valence-corrected chi connectivity index (χ2v) is 6.12. The molecular formula is C21H21ClN2O2. The molecule has 0 aliphatic carbocycles. The molecular weight excluding hydrogens is 348 g/mol. The molecule has 0 atom stereocenters. The highest BCUT2D eigenvalue weighted by Gasteiger charge is 2.21. The molecule has 3 aromatic rings. The van der Waals surface area contributed by atoms with Gasteiger partial charge in [-0.2, -0.15) is 0 Å². The number of hydrogen-bond acceptors (Lipinski definition) is 3. The quantitative estimate of drug-likeness (QED) is 0.388. The Hall–Kier alpha value is -2.69. The van der Waals surface area contributed by atoms with E-state index in [1.165, 1.54) is 6.07 Å². The molecule has 26 heavy (non-hydrogen) atoms. The average Bonchev–Trinajstić information content (AvgIpc) is 2.66. The number of nitro groups is 1. The van der Waals surface area contributed by atoms with E-state index in [-0.39, 0.29) is 11.6 Å². The Kier molecular flexibility index (Phi) is 7.33. The van der Waals surface area contributed by atoms with Crippen molar-refractivity contribution in [2.45, 2.75) is 5.92 Å². The minimum atomic E-state index is -0.396. The Morgan fingerprint density at radius 2 is 1.35 bits per heavy atom. The van der Waals surface area contributed by atoms with Crippen LogP contribution in [0.4, 0.5) is 5.69 Å². The molecule has 0 heterocycles. The summed E-state index contributed by atoms with van der Waals surface area (Å²) in [6.45, 7) is 0. The van der Waals surface area contributed by atoms with Gasteiger partial charge in [-0.1, -0.05) is 72.3 Å². The smallest absolute Gasteiger partial charge is 0.269 e. The van der Waals surface area contributed by atoms with Crippen LogP contribution < -0.4 is 5.32 Å². The standard InChI is InChI=1S/C19H14ClNO2.C2H7N/c20-18-12-11-16(21(22)23)13-17(18)19(14-7-3-1-4-8-14)15-9-5-2-6-10-15;1-3-2/h1-13,19H;3H,1-2H3. The normalized spacial score (nSPS) is 10.2. The molecule has 0 spiro atoms. The fourth-order valence-electron chi connectivity index (χ4n) is 2.71. The maximum Gasteiger partial charge on any atom is 0.269 e. The molecule has 0 unspecified atom stereocenters. The molecule has 0 fully saturated rings. The Labute approximate surface area is 158 Å². The molecule has 5 heteroatoms. The van der Waals surface area contributed by atoms with Crippen LogP contribution in [0.15, 0.2) is 78.9 Å². The summed E-state index contributed by atoms with van der Waals surface area (Å²) in [5, 5.41) is 14.4. The van der Waals surface area contributed by atoms with Gasteiger partial charge in [0, 0.05) is 23.1 Å². The van der Waals surface area contributed by atoms with E-state index < -0.39 is 4.92 Å². The van der Waals surface area contributed by atoms with Crippen LogP contribution in [-0.2, 0) is 0 Å². The van der Waals surface area contributed by atoms with Crippen molar-refractivity contribution in [3.05, 3.63) is 111 Å². The second-order valence-electron chi connectivity index (χ2n) is 5.72. The SMILES string of the molecule is CNC.O=[N+]([O-])c1ccc(Cl)c(C(c2ccccc2)c2ccccc2)c1. The van der Waals surface area contributed by atoms with Crippen LogP contribution in [-0.4, -0.2) is 19.0 Å². The third-order valence-electron chi connectivity index (χ3n) is 3.77. The number of non-ortho nitro benzene ring substituents is 1. The van der Waals surface area contributed by atoms with Gasteiger partial charge in [0.15, 0.2) is 0 Å². The van der Waals surface area contributed by atoms with E-state index in [0.717, 1.165) is 16.7 Å². The van der Waals surface area contributed by atoms with Crippen LogP contribution in [0.1, 0.15) is 22.6 Å². The number of nitrogens with zero attached hydrogens (tertiary/aromatic N) is 1. The number of rotatable bonds is 4. The van der Waals surface area contributed by atoms with Crippen molar-refractivity contribution in [2.75, 3.05) is 14.1 Å². The number of nitrogens with one attached hydrogen (secondary N) is 1. The second kappa shape index (κ2) is 9.70. The van der Waals surface area contributed by atoms with Crippen LogP contribution in [0.25, 0.3) is 0 Å². The van der Waals surface area contributed by atoms with E-state index in [1.807, 2.05) is 74.8 Å². The zero-order valence-corrected chi connectivity index (χ0v) is 15.5. The van der Waals surface area contributed by atoms with Gasteiger partial charge in [0.05, 0.1) is 4.92 Å². The molecule has 0 saturated heterocycles. The van der Waals surface area contributed by atoms with Crippen molar-refractivity contribution in [3.63, 3.8) is 0 Å². The molecule has 0 bridgehead atoms. The molecule has 134 valence electrons. The van der Waals surface area contributed by atoms with Gasteiger partial charge >= 0.3 is 0 Å². The Morgan fingerprint density at radius 1 is 0.885 bits per heavy atom. The zero-order chi connectivity index (χ0) is 18.9. The Bertz CT molecular complexity index is 800. The van der Waals surface area contributed by atoms with Gasteiger partial charge in [0.1, 0.15) is 0 Å². The summed E-state index contributed by atoms with van der Waals surface area (Å²) in [5.41, 5.74) is 2.86. The van der Waals surface area contributed by atoms with Crippen LogP contribution in [0, 0.1) is 10.1 Å². The van der Waals surface area contributed by atoms with Crippen LogP contribution in [0.2, 0.25) is 5.02 Å². The number of hydrogen-bond donors (Lipinski definition) is 1. The van der Waals surface area contributed by atoms with Crippen LogP contribution >= 0.6 is 11.6 Å². The van der Waals surface area contributed by atoms with Gasteiger partial charge < -0.3 is 5.32 Å². The van der Waals surface area contributed by atoms with Gasteiger partial charge in [-0.3, -0.25) is 10.1 Å². The van der Waals surface area contributed by atoms with Gasteiger partial charge in [0.2, 0.25) is 0 Å². The fraction of sp³-hybridized carbons (Fsp3) is 0.143. The molecule has 0 aliphatic rings. The summed E-state index contributed by atoms with van der Waals surface area (Å²) in [4.78, 5) is 10.7. The molecule has 0 aliphatic heterocycles. The molecule has 0 radical (unpaired) electrons. The maximum absolute atomic E-state index is 11.1. The molecule has 0 amide bonds. The highest BCUT2D eigenvalue weighted by atomic mass is 35.5. The number of benzene rings is 3. The van der Waals surface area contributed by atoms with Gasteiger partial charge in [-0.05, 0) is 36.9 Å². The minimum absolute atomic E-state index is 0.0428. The number of halogens is 1. The van der Waals surface area contributed by atoms with Crippen molar-refractivity contribution >= 4 is 17.3 Å². The molecule has 0 aromatic heterocycles. The maximum atomic E-state index is 11.1. The van der Waals surface area contributed by atoms with E-state index in [2.05, 4.69) is 5.32 Å². The highest BCUT2D eigenvalue weighted by Crippen LogP contribution is 2.37. The first-order valence-corrected chi connectivity index (χ1v) is 8.58. The molecule has 3 aromatic carbocycles. The lowest BCUT2D eigenvalue weighted by atomic mass is 9.85. The van der Waals surface area contributed by atoms with Gasteiger partial charge in [-0.25, -0.2) is 0 Å². The summed E-state index contributed by atoms with van der Waals surface area (Å²) < 4.78 is 0. The van der Waals surface area contributed by atoms with Gasteiger partial charge in [0.25, 0.3) is 5.69 Å². The topological polar surface area (TPSA) is 55.2 Å². The predicted octanol–water partition coefficient (Wildman–Crippen LogP) is 5.26. The van der Waals surface area contributed by atoms with Crippen LogP contribution in [0.3, 0.4) is 0 Å². The van der Waals surface area contributed by atoms with Crippen molar-refractivity contribution < 1.29 is 4.92 Å². The summed E-state index contributed by atoms with van der Waals surface area (Å²) in [6.07, 6.45) is 0. The largest absolute Gasteiger partial charge is 0.323 e. The molecule has 4 nitrogen and oxygen atoms in total. The summed E-state index contributed by atoms with van der Waals surface area (Å²) in [7, 11) is 3.75. The lowest BCUT2D eigenvalue weighted by molar-refractivity contribution is -0.384. The first-order chi connectivity index (χ1) is 12.6. The molecule has 1 N–H and O–H groups in total. The summed E-state index contributed by atoms with van der Waals surface area (Å²) in [5.74, 6) is -0.148. The first kappa shape index (κ1) is 19.6. The molecule has 3 rings (SSSR count). The van der Waals surface area contributed by atoms with Crippen molar-refractivity contribution in [3.8, 4) is 0 Å². The Balaban J connectivity index is 0.000000758. The summed E-state index contributed by atoms with van der Waals surface area (Å²) in [6, 6.07) is 24.3. The summed E-state index contributed by atoms with van der Waals surface area (Å²) >= 11 is 6.37. The minimum Gasteiger partial charge on any atom is -0.323 e. The predicted molar refractivity (Wildman–Crippen MR) is 107 cm³/mol. The van der Waals surface area contributed by atoms with Crippen molar-refractivity contribution in [1.29, 1.82) is 0 Å². The lowest BCUT2D eigenvalue weighted by Gasteiger charge is -2.20. The van der Waals surface area contributed by atoms with Crippen LogP contribution in [0.5, 0.6) is 0 Å². The van der Waals surface area contributed by atoms with Gasteiger partial charge in [-0.15, -0.1) is 0 Å². The van der Waals surface area contributed by atoms with E-state index in [9.17, 15) is 10.1 Å². The average molecular weight is 369 g/mol. The fourth-order valence-corrected chi connectivity index (χ4v) is 2.94. The molecule has 0 saturated carbocycles. The number of nitro benzene ring substituents is 1. The monoisotopic (exact) mass is 368 g/mol. The first-order valence-electron chi connectivity index (χ1n) is 8.20. The van der Waals surface area contributed by atoms with E-state index in [0.29, 0.717) is 5.02 Å².